The van der Waals surface area contributed by atoms with Gasteiger partial charge in [-0.1, -0.05) is 0 Å². The number of aliphatic hydroxyl groups excluding tert-OH is 1. The SMILES string of the molecule is CC1C[C@@H](O)C(NS(=O)(=O)O)CO1. The van der Waals surface area contributed by atoms with Gasteiger partial charge in [-0.25, -0.2) is 0 Å². The summed E-state index contributed by atoms with van der Waals surface area (Å²) in [6.07, 6.45) is -0.548. The minimum atomic E-state index is -4.26. The average molecular weight is 211 g/mol. The summed E-state index contributed by atoms with van der Waals surface area (Å²) in [7, 11) is -4.26. The van der Waals surface area contributed by atoms with Crippen molar-refractivity contribution in [2.24, 2.45) is 0 Å². The topological polar surface area (TPSA) is 95.9 Å². The molecule has 1 aliphatic heterocycles. The zero-order valence-corrected chi connectivity index (χ0v) is 7.99. The maximum absolute atomic E-state index is 10.4. The molecule has 1 saturated heterocycles. The molecule has 1 heterocycles. The predicted molar refractivity (Wildman–Crippen MR) is 44.5 cm³/mol. The van der Waals surface area contributed by atoms with Gasteiger partial charge in [0.05, 0.1) is 24.9 Å². The van der Waals surface area contributed by atoms with Crippen molar-refractivity contribution < 1.29 is 22.8 Å². The highest BCUT2D eigenvalue weighted by Crippen LogP contribution is 2.14. The summed E-state index contributed by atoms with van der Waals surface area (Å²) in [5.74, 6) is 0. The van der Waals surface area contributed by atoms with Crippen molar-refractivity contribution in [1.29, 1.82) is 0 Å². The monoisotopic (exact) mass is 211 g/mol. The molecule has 0 aromatic rings. The molecular weight excluding hydrogens is 198 g/mol. The van der Waals surface area contributed by atoms with Gasteiger partial charge < -0.3 is 9.84 Å². The fraction of sp³-hybridized carbons (Fsp3) is 1.00. The van der Waals surface area contributed by atoms with E-state index >= 15 is 0 Å². The molecule has 1 aliphatic rings. The van der Waals surface area contributed by atoms with E-state index in [0.717, 1.165) is 0 Å². The first kappa shape index (κ1) is 10.9. The highest BCUT2D eigenvalue weighted by atomic mass is 32.2. The van der Waals surface area contributed by atoms with Crippen LogP contribution in [0.25, 0.3) is 0 Å². The number of hydrogen-bond acceptors (Lipinski definition) is 4. The molecule has 78 valence electrons. The minimum absolute atomic E-state index is 0.0716. The summed E-state index contributed by atoms with van der Waals surface area (Å²) >= 11 is 0. The zero-order chi connectivity index (χ0) is 10.1. The van der Waals surface area contributed by atoms with E-state index in [4.69, 9.17) is 9.29 Å². The molecule has 7 heteroatoms. The summed E-state index contributed by atoms with van der Waals surface area (Å²) in [4.78, 5) is 0. The third-order valence-corrected chi connectivity index (χ3v) is 2.50. The van der Waals surface area contributed by atoms with E-state index in [2.05, 4.69) is 0 Å². The molecule has 0 aromatic heterocycles. The molecule has 0 spiro atoms. The van der Waals surface area contributed by atoms with Crippen LogP contribution in [0, 0.1) is 0 Å². The second-order valence-electron chi connectivity index (χ2n) is 3.15. The Bertz CT molecular complexity index is 264. The summed E-state index contributed by atoms with van der Waals surface area (Å²) in [6, 6.07) is -0.758. The van der Waals surface area contributed by atoms with Crippen LogP contribution in [0.1, 0.15) is 13.3 Å². The van der Waals surface area contributed by atoms with Crippen LogP contribution in [0.3, 0.4) is 0 Å². The largest absolute Gasteiger partial charge is 0.391 e. The Kier molecular flexibility index (Phi) is 3.25. The number of hydrogen-bond donors (Lipinski definition) is 3. The van der Waals surface area contributed by atoms with Gasteiger partial charge >= 0.3 is 10.3 Å². The summed E-state index contributed by atoms with van der Waals surface area (Å²) < 4.78 is 36.2. The third-order valence-electron chi connectivity index (χ3n) is 1.90. The smallest absolute Gasteiger partial charge is 0.333 e. The molecule has 3 atom stereocenters. The van der Waals surface area contributed by atoms with Crippen LogP contribution >= 0.6 is 0 Å². The predicted octanol–water partition coefficient (Wildman–Crippen LogP) is -1.08. The van der Waals surface area contributed by atoms with Crippen molar-refractivity contribution in [3.63, 3.8) is 0 Å². The van der Waals surface area contributed by atoms with Crippen LogP contribution in [0.2, 0.25) is 0 Å². The lowest BCUT2D eigenvalue weighted by Gasteiger charge is -2.31. The van der Waals surface area contributed by atoms with E-state index in [1.807, 2.05) is 4.72 Å². The number of aliphatic hydroxyl groups is 1. The van der Waals surface area contributed by atoms with Crippen molar-refractivity contribution in [2.75, 3.05) is 6.61 Å². The maximum atomic E-state index is 10.4. The van der Waals surface area contributed by atoms with E-state index in [1.54, 1.807) is 6.92 Å². The number of nitrogens with one attached hydrogen (secondary N) is 1. The third kappa shape index (κ3) is 3.57. The molecule has 1 fully saturated rings. The van der Waals surface area contributed by atoms with E-state index in [-0.39, 0.29) is 12.7 Å². The molecular formula is C6H13NO5S. The Labute approximate surface area is 76.8 Å². The Balaban J connectivity index is 2.52. The summed E-state index contributed by atoms with van der Waals surface area (Å²) in [6.45, 7) is 1.86. The van der Waals surface area contributed by atoms with Crippen molar-refractivity contribution in [2.45, 2.75) is 31.6 Å². The molecule has 0 radical (unpaired) electrons. The lowest BCUT2D eigenvalue weighted by molar-refractivity contribution is -0.0527. The van der Waals surface area contributed by atoms with E-state index in [1.165, 1.54) is 0 Å². The standard InChI is InChI=1S/C6H13NO5S/c1-4-2-6(8)5(3-12-4)7-13(9,10)11/h4-8H,2-3H2,1H3,(H,9,10,11)/t4?,5?,6-/m1/s1. The Morgan fingerprint density at radius 1 is 1.54 bits per heavy atom. The average Bonchev–Trinajstić information content (AvgIpc) is 1.93. The molecule has 2 unspecified atom stereocenters. The first-order valence-electron chi connectivity index (χ1n) is 3.93. The van der Waals surface area contributed by atoms with Gasteiger partial charge in [0.1, 0.15) is 0 Å². The van der Waals surface area contributed by atoms with Gasteiger partial charge in [-0.3, -0.25) is 4.55 Å². The van der Waals surface area contributed by atoms with E-state index in [0.29, 0.717) is 6.42 Å². The fourth-order valence-electron chi connectivity index (χ4n) is 1.26. The van der Waals surface area contributed by atoms with Crippen LogP contribution in [-0.2, 0) is 15.0 Å². The van der Waals surface area contributed by atoms with Crippen LogP contribution < -0.4 is 4.72 Å². The lowest BCUT2D eigenvalue weighted by atomic mass is 10.0. The van der Waals surface area contributed by atoms with Gasteiger partial charge in [-0.2, -0.15) is 13.1 Å². The molecule has 13 heavy (non-hydrogen) atoms. The number of ether oxygens (including phenoxy) is 1. The maximum Gasteiger partial charge on any atom is 0.333 e. The molecule has 0 bridgehead atoms. The van der Waals surface area contributed by atoms with Crippen molar-refractivity contribution in [3.8, 4) is 0 Å². The van der Waals surface area contributed by atoms with Gasteiger partial charge in [0.25, 0.3) is 0 Å². The minimum Gasteiger partial charge on any atom is -0.391 e. The van der Waals surface area contributed by atoms with Crippen LogP contribution in [0.15, 0.2) is 0 Å². The van der Waals surface area contributed by atoms with Crippen molar-refractivity contribution in [3.05, 3.63) is 0 Å². The first-order valence-corrected chi connectivity index (χ1v) is 5.37. The van der Waals surface area contributed by atoms with E-state index in [9.17, 15) is 13.5 Å². The fourth-order valence-corrected chi connectivity index (χ4v) is 1.86. The first-order chi connectivity index (χ1) is 5.88. The van der Waals surface area contributed by atoms with E-state index < -0.39 is 22.4 Å². The van der Waals surface area contributed by atoms with Gasteiger partial charge in [-0.05, 0) is 6.92 Å². The molecule has 0 saturated carbocycles. The quantitative estimate of drug-likeness (QED) is 0.505. The second-order valence-corrected chi connectivity index (χ2v) is 4.33. The lowest BCUT2D eigenvalue weighted by Crippen LogP contribution is -2.50. The van der Waals surface area contributed by atoms with Crippen LogP contribution in [-0.4, -0.2) is 42.9 Å². The van der Waals surface area contributed by atoms with Crippen molar-refractivity contribution >= 4 is 10.3 Å². The Hall–Kier alpha value is -0.210. The Morgan fingerprint density at radius 3 is 2.62 bits per heavy atom. The normalized spacial score (nSPS) is 36.1. The van der Waals surface area contributed by atoms with Crippen LogP contribution in [0.5, 0.6) is 0 Å². The van der Waals surface area contributed by atoms with Gasteiger partial charge in [0, 0.05) is 6.42 Å². The molecule has 3 N–H and O–H groups in total. The zero-order valence-electron chi connectivity index (χ0n) is 7.17. The molecule has 1 rings (SSSR count). The summed E-state index contributed by atoms with van der Waals surface area (Å²) in [5.41, 5.74) is 0. The second kappa shape index (κ2) is 3.89. The van der Waals surface area contributed by atoms with Gasteiger partial charge in [0.2, 0.25) is 0 Å². The highest BCUT2D eigenvalue weighted by Gasteiger charge is 2.30. The molecule has 0 amide bonds. The van der Waals surface area contributed by atoms with Crippen LogP contribution in [0.4, 0.5) is 0 Å². The van der Waals surface area contributed by atoms with Gasteiger partial charge in [0.15, 0.2) is 0 Å². The Morgan fingerprint density at radius 2 is 2.15 bits per heavy atom. The summed E-state index contributed by atoms with van der Waals surface area (Å²) in [5, 5.41) is 9.38. The molecule has 0 aromatic carbocycles. The van der Waals surface area contributed by atoms with Gasteiger partial charge in [-0.15, -0.1) is 0 Å². The van der Waals surface area contributed by atoms with Crippen molar-refractivity contribution in [1.82, 2.24) is 4.72 Å². The number of rotatable bonds is 2. The molecule has 6 nitrogen and oxygen atoms in total. The molecule has 0 aliphatic carbocycles. The highest BCUT2D eigenvalue weighted by molar-refractivity contribution is 7.83.